The quantitative estimate of drug-likeness (QED) is 0.711. The highest BCUT2D eigenvalue weighted by molar-refractivity contribution is 5.75. The minimum absolute atomic E-state index is 0.397. The van der Waals surface area contributed by atoms with E-state index in [0.717, 1.165) is 10.9 Å². The molecule has 0 bridgehead atoms. The lowest BCUT2D eigenvalue weighted by Crippen LogP contribution is -2.38. The maximum Gasteiger partial charge on any atom is 0.376 e. The number of carbonyl (C=O) groups is 1. The van der Waals surface area contributed by atoms with Crippen LogP contribution in [0.2, 0.25) is 0 Å². The Bertz CT molecular complexity index is 409. The second-order valence-electron chi connectivity index (χ2n) is 2.69. The zero-order valence-corrected chi connectivity index (χ0v) is 7.15. The van der Waals surface area contributed by atoms with Gasteiger partial charge in [-0.2, -0.15) is 13.9 Å². The number of rotatable bonds is 3. The van der Waals surface area contributed by atoms with Crippen molar-refractivity contribution in [2.75, 3.05) is 0 Å². The van der Waals surface area contributed by atoms with Crippen LogP contribution in [0.4, 0.5) is 8.78 Å². The average molecular weight is 207 g/mol. The number of aliphatic carboxylic acids is 1. The number of aromatic nitrogens is 3. The summed E-state index contributed by atoms with van der Waals surface area (Å²) >= 11 is 0. The van der Waals surface area contributed by atoms with E-state index in [1.807, 2.05) is 0 Å². The van der Waals surface area contributed by atoms with Gasteiger partial charge in [-0.15, -0.1) is 0 Å². The van der Waals surface area contributed by atoms with Crippen LogP contribution in [0.1, 0.15) is 0 Å². The molecular formula is C6H7F2N3O3. The van der Waals surface area contributed by atoms with Crippen molar-refractivity contribution in [2.24, 2.45) is 7.05 Å². The van der Waals surface area contributed by atoms with Crippen LogP contribution in [0, 0.1) is 0 Å². The molecule has 0 atom stereocenters. The highest BCUT2D eigenvalue weighted by Gasteiger charge is 2.40. The van der Waals surface area contributed by atoms with Crippen molar-refractivity contribution in [3.05, 3.63) is 16.8 Å². The third-order valence-electron chi connectivity index (χ3n) is 1.55. The number of aryl methyl sites for hydroxylation is 1. The molecule has 78 valence electrons. The normalized spacial score (nSPS) is 11.6. The summed E-state index contributed by atoms with van der Waals surface area (Å²) in [5.41, 5.74) is -0.786. The first-order valence-corrected chi connectivity index (χ1v) is 3.54. The minimum atomic E-state index is -3.99. The average Bonchev–Trinajstić information content (AvgIpc) is 2.35. The van der Waals surface area contributed by atoms with Crippen LogP contribution in [0.25, 0.3) is 0 Å². The van der Waals surface area contributed by atoms with Crippen molar-refractivity contribution in [1.29, 1.82) is 0 Å². The number of alkyl halides is 2. The van der Waals surface area contributed by atoms with Crippen LogP contribution in [0.15, 0.2) is 11.1 Å². The predicted molar refractivity (Wildman–Crippen MR) is 40.1 cm³/mol. The van der Waals surface area contributed by atoms with Gasteiger partial charge >= 0.3 is 17.6 Å². The summed E-state index contributed by atoms with van der Waals surface area (Å²) in [6, 6.07) is 0. The molecule has 0 radical (unpaired) electrons. The Morgan fingerprint density at radius 2 is 2.29 bits per heavy atom. The molecule has 0 aromatic carbocycles. The first kappa shape index (κ1) is 10.4. The summed E-state index contributed by atoms with van der Waals surface area (Å²) in [6.07, 6.45) is 1.03. The molecule has 0 fully saturated rings. The van der Waals surface area contributed by atoms with E-state index in [1.54, 1.807) is 0 Å². The second kappa shape index (κ2) is 3.20. The summed E-state index contributed by atoms with van der Waals surface area (Å²) < 4.78 is 26.6. The Kier molecular flexibility index (Phi) is 2.37. The van der Waals surface area contributed by atoms with Gasteiger partial charge in [-0.3, -0.25) is 4.57 Å². The first-order valence-electron chi connectivity index (χ1n) is 3.54. The van der Waals surface area contributed by atoms with E-state index >= 15 is 0 Å². The standard InChI is InChI=1S/C6H7F2N3O3/c1-10-3-9-11(5(10)14)2-6(7,8)4(12)13/h3H,2H2,1H3,(H,12,13). The van der Waals surface area contributed by atoms with Gasteiger partial charge in [0.05, 0.1) is 0 Å². The highest BCUT2D eigenvalue weighted by Crippen LogP contribution is 2.14. The smallest absolute Gasteiger partial charge is 0.376 e. The molecule has 1 aromatic heterocycles. The van der Waals surface area contributed by atoms with E-state index in [1.165, 1.54) is 7.05 Å². The topological polar surface area (TPSA) is 77.1 Å². The molecule has 1 rings (SSSR count). The summed E-state index contributed by atoms with van der Waals surface area (Å²) in [4.78, 5) is 21.0. The lowest BCUT2D eigenvalue weighted by molar-refractivity contribution is -0.167. The fraction of sp³-hybridized carbons (Fsp3) is 0.500. The molecule has 1 aromatic rings. The Balaban J connectivity index is 2.95. The molecule has 0 aliphatic carbocycles. The molecule has 6 nitrogen and oxygen atoms in total. The van der Waals surface area contributed by atoms with Crippen molar-refractivity contribution in [1.82, 2.24) is 14.3 Å². The summed E-state index contributed by atoms with van der Waals surface area (Å²) in [5.74, 6) is -6.27. The Labute approximate surface area is 76.4 Å². The molecule has 14 heavy (non-hydrogen) atoms. The Morgan fingerprint density at radius 3 is 2.64 bits per heavy atom. The number of carboxylic acids is 1. The van der Waals surface area contributed by atoms with E-state index in [2.05, 4.69) is 5.10 Å². The Morgan fingerprint density at radius 1 is 1.71 bits per heavy atom. The molecule has 0 saturated carbocycles. The molecule has 0 aliphatic heterocycles. The van der Waals surface area contributed by atoms with Gasteiger partial charge in [-0.05, 0) is 0 Å². The molecule has 8 heteroatoms. The van der Waals surface area contributed by atoms with Crippen LogP contribution in [-0.4, -0.2) is 31.3 Å². The largest absolute Gasteiger partial charge is 0.477 e. The van der Waals surface area contributed by atoms with Gasteiger partial charge in [0.1, 0.15) is 12.9 Å². The van der Waals surface area contributed by atoms with Crippen LogP contribution in [-0.2, 0) is 18.4 Å². The lowest BCUT2D eigenvalue weighted by atomic mass is 10.3. The fourth-order valence-corrected chi connectivity index (χ4v) is 0.785. The SMILES string of the molecule is Cn1cnn(CC(F)(F)C(=O)O)c1=O. The molecule has 0 saturated heterocycles. The van der Waals surface area contributed by atoms with Crippen molar-refractivity contribution >= 4 is 5.97 Å². The third kappa shape index (κ3) is 1.78. The number of carboxylic acid groups (broad SMARTS) is 1. The van der Waals surface area contributed by atoms with Crippen molar-refractivity contribution in [2.45, 2.75) is 12.5 Å². The molecule has 0 spiro atoms. The zero-order chi connectivity index (χ0) is 10.9. The third-order valence-corrected chi connectivity index (χ3v) is 1.55. The first-order chi connectivity index (χ1) is 6.34. The molecule has 0 amide bonds. The van der Waals surface area contributed by atoms with E-state index < -0.39 is 24.1 Å². The fourth-order valence-electron chi connectivity index (χ4n) is 0.785. The summed E-state index contributed by atoms with van der Waals surface area (Å²) in [6.45, 7) is -1.26. The van der Waals surface area contributed by atoms with Gasteiger partial charge in [0.15, 0.2) is 0 Å². The minimum Gasteiger partial charge on any atom is -0.477 e. The molecular weight excluding hydrogens is 200 g/mol. The van der Waals surface area contributed by atoms with Gasteiger partial charge in [0.2, 0.25) is 0 Å². The number of hydrogen-bond acceptors (Lipinski definition) is 3. The van der Waals surface area contributed by atoms with E-state index in [-0.39, 0.29) is 0 Å². The molecule has 0 aliphatic rings. The monoisotopic (exact) mass is 207 g/mol. The van der Waals surface area contributed by atoms with Gasteiger partial charge in [-0.25, -0.2) is 14.3 Å². The molecule has 1 N–H and O–H groups in total. The van der Waals surface area contributed by atoms with Crippen molar-refractivity contribution in [3.8, 4) is 0 Å². The molecule has 1 heterocycles. The summed E-state index contributed by atoms with van der Waals surface area (Å²) in [5, 5.41) is 11.4. The van der Waals surface area contributed by atoms with Crippen LogP contribution in [0.5, 0.6) is 0 Å². The van der Waals surface area contributed by atoms with E-state index in [0.29, 0.717) is 4.68 Å². The summed E-state index contributed by atoms with van der Waals surface area (Å²) in [7, 11) is 1.32. The van der Waals surface area contributed by atoms with Gasteiger partial charge in [-0.1, -0.05) is 0 Å². The van der Waals surface area contributed by atoms with Crippen molar-refractivity contribution in [3.63, 3.8) is 0 Å². The number of hydrogen-bond donors (Lipinski definition) is 1. The lowest BCUT2D eigenvalue weighted by Gasteiger charge is -2.09. The predicted octanol–water partition coefficient (Wildman–Crippen LogP) is -0.698. The highest BCUT2D eigenvalue weighted by atomic mass is 19.3. The van der Waals surface area contributed by atoms with Crippen LogP contribution < -0.4 is 5.69 Å². The number of halogens is 2. The molecule has 0 unspecified atom stereocenters. The van der Waals surface area contributed by atoms with E-state index in [4.69, 9.17) is 5.11 Å². The van der Waals surface area contributed by atoms with E-state index in [9.17, 15) is 18.4 Å². The van der Waals surface area contributed by atoms with Gasteiger partial charge < -0.3 is 5.11 Å². The zero-order valence-electron chi connectivity index (χ0n) is 7.15. The van der Waals surface area contributed by atoms with Crippen LogP contribution >= 0.6 is 0 Å². The van der Waals surface area contributed by atoms with Gasteiger partial charge in [0, 0.05) is 7.05 Å². The van der Waals surface area contributed by atoms with Crippen LogP contribution in [0.3, 0.4) is 0 Å². The maximum atomic E-state index is 12.6. The Hall–Kier alpha value is -1.73. The van der Waals surface area contributed by atoms with Gasteiger partial charge in [0.25, 0.3) is 0 Å². The second-order valence-corrected chi connectivity index (χ2v) is 2.69. The number of nitrogens with zero attached hydrogens (tertiary/aromatic N) is 3. The maximum absolute atomic E-state index is 12.6. The van der Waals surface area contributed by atoms with Crippen molar-refractivity contribution < 1.29 is 18.7 Å².